The Morgan fingerprint density at radius 2 is 1.62 bits per heavy atom. The highest BCUT2D eigenvalue weighted by molar-refractivity contribution is 5.85. The Morgan fingerprint density at radius 1 is 0.904 bits per heavy atom. The molecular formula is C44H70ClNO6. The number of ether oxygens (including phenoxy) is 5. The number of aliphatic hydroxyl groups is 1. The summed E-state index contributed by atoms with van der Waals surface area (Å²) in [7, 11) is 0. The fourth-order valence-electron chi connectivity index (χ4n) is 11.8. The van der Waals surface area contributed by atoms with Crippen LogP contribution in [0.15, 0.2) is 35.9 Å². The van der Waals surface area contributed by atoms with Gasteiger partial charge in [0.25, 0.3) is 0 Å². The maximum Gasteiger partial charge on any atom is 0.171 e. The molecule has 1 N–H and O–H groups in total. The third-order valence-electron chi connectivity index (χ3n) is 14.8. The molecule has 1 aromatic carbocycles. The molecule has 0 amide bonds. The van der Waals surface area contributed by atoms with Crippen molar-refractivity contribution >= 4 is 12.4 Å². The summed E-state index contributed by atoms with van der Waals surface area (Å²) in [6.07, 6.45) is 16.9. The van der Waals surface area contributed by atoms with E-state index in [1.54, 1.807) is 5.57 Å². The summed E-state index contributed by atoms with van der Waals surface area (Å²) in [5, 5.41) is 10.3. The largest absolute Gasteiger partial charge is 0.494 e. The highest BCUT2D eigenvalue weighted by Crippen LogP contribution is 2.69. The van der Waals surface area contributed by atoms with Crippen LogP contribution in [0, 0.1) is 46.3 Å². The second-order valence-corrected chi connectivity index (χ2v) is 18.0. The third-order valence-corrected chi connectivity index (χ3v) is 14.8. The van der Waals surface area contributed by atoms with E-state index < -0.39 is 0 Å². The maximum absolute atomic E-state index is 10.3. The SMILES string of the molecule is CC1CCC2(OC1)OC1CC3C4CCC5CC(O)CCC5(C)C4=CCC3(C)C1C2C.CCCCOc1ccc(OCCCN2CCOCC2)cc1.Cl. The molecule has 8 heteroatoms. The summed E-state index contributed by atoms with van der Waals surface area (Å²) in [5.74, 6) is 5.52. The van der Waals surface area contributed by atoms with E-state index >= 15 is 0 Å². The Morgan fingerprint density at radius 3 is 2.29 bits per heavy atom. The summed E-state index contributed by atoms with van der Waals surface area (Å²) < 4.78 is 30.1. The van der Waals surface area contributed by atoms with Crippen molar-refractivity contribution in [2.24, 2.45) is 46.3 Å². The molecule has 4 aliphatic carbocycles. The van der Waals surface area contributed by atoms with Gasteiger partial charge >= 0.3 is 0 Å². The molecule has 3 saturated heterocycles. The van der Waals surface area contributed by atoms with Gasteiger partial charge in [0.1, 0.15) is 11.5 Å². The van der Waals surface area contributed by atoms with Gasteiger partial charge in [-0.3, -0.25) is 4.90 Å². The van der Waals surface area contributed by atoms with Crippen LogP contribution in [0.2, 0.25) is 0 Å². The summed E-state index contributed by atoms with van der Waals surface area (Å²) in [5.41, 5.74) is 2.46. The van der Waals surface area contributed by atoms with Crippen molar-refractivity contribution in [1.29, 1.82) is 0 Å². The smallest absolute Gasteiger partial charge is 0.171 e. The van der Waals surface area contributed by atoms with Gasteiger partial charge < -0.3 is 28.8 Å². The Hall–Kier alpha value is -1.35. The second-order valence-electron chi connectivity index (χ2n) is 18.0. The van der Waals surface area contributed by atoms with Gasteiger partial charge in [0, 0.05) is 32.0 Å². The summed E-state index contributed by atoms with van der Waals surface area (Å²) in [6.45, 7) is 19.3. The van der Waals surface area contributed by atoms with Gasteiger partial charge in [-0.2, -0.15) is 0 Å². The van der Waals surface area contributed by atoms with Crippen molar-refractivity contribution in [3.8, 4) is 11.5 Å². The Labute approximate surface area is 321 Å². The van der Waals surface area contributed by atoms with Crippen LogP contribution >= 0.6 is 12.4 Å². The number of aliphatic hydroxyl groups excluding tert-OH is 1. The van der Waals surface area contributed by atoms with E-state index in [9.17, 15) is 5.11 Å². The fraction of sp³-hybridized carbons (Fsp3) is 0.818. The lowest BCUT2D eigenvalue weighted by Gasteiger charge is -2.57. The molecular weight excluding hydrogens is 674 g/mol. The van der Waals surface area contributed by atoms with Crippen molar-refractivity contribution in [2.45, 2.75) is 130 Å². The number of rotatable bonds is 9. The van der Waals surface area contributed by atoms with Gasteiger partial charge in [-0.15, -0.1) is 12.4 Å². The topological polar surface area (TPSA) is 69.6 Å². The molecule has 294 valence electrons. The minimum atomic E-state index is -0.303. The number of unbranched alkanes of at least 4 members (excludes halogenated alkanes) is 1. The van der Waals surface area contributed by atoms with Gasteiger partial charge in [-0.25, -0.2) is 0 Å². The minimum absolute atomic E-state index is 0. The molecule has 3 aliphatic heterocycles. The van der Waals surface area contributed by atoms with Gasteiger partial charge in [0.05, 0.1) is 45.2 Å². The van der Waals surface area contributed by atoms with Crippen LogP contribution in [-0.4, -0.2) is 80.7 Å². The molecule has 7 aliphatic rings. The highest BCUT2D eigenvalue weighted by Gasteiger charge is 2.67. The van der Waals surface area contributed by atoms with E-state index in [2.05, 4.69) is 45.6 Å². The van der Waals surface area contributed by atoms with Gasteiger partial charge in [-0.05, 0) is 129 Å². The highest BCUT2D eigenvalue weighted by atomic mass is 35.5. The predicted octanol–water partition coefficient (Wildman–Crippen LogP) is 9.10. The van der Waals surface area contributed by atoms with Crippen LogP contribution < -0.4 is 9.47 Å². The van der Waals surface area contributed by atoms with Crippen LogP contribution in [0.25, 0.3) is 0 Å². The first-order chi connectivity index (χ1) is 24.6. The van der Waals surface area contributed by atoms with E-state index in [0.29, 0.717) is 40.6 Å². The molecule has 0 bridgehead atoms. The average Bonchev–Trinajstić information content (AvgIpc) is 3.59. The predicted molar refractivity (Wildman–Crippen MR) is 209 cm³/mol. The molecule has 3 saturated carbocycles. The van der Waals surface area contributed by atoms with Crippen molar-refractivity contribution in [2.75, 3.05) is 52.7 Å². The lowest BCUT2D eigenvalue weighted by atomic mass is 9.48. The number of hydrogen-bond acceptors (Lipinski definition) is 7. The maximum atomic E-state index is 10.3. The van der Waals surface area contributed by atoms with E-state index in [4.69, 9.17) is 23.7 Å². The molecule has 0 radical (unpaired) electrons. The van der Waals surface area contributed by atoms with Crippen molar-refractivity contribution < 1.29 is 28.8 Å². The number of morpholine rings is 1. The van der Waals surface area contributed by atoms with Crippen molar-refractivity contribution in [3.05, 3.63) is 35.9 Å². The zero-order valence-electron chi connectivity index (χ0n) is 33.0. The first-order valence-electron chi connectivity index (χ1n) is 21.0. The summed E-state index contributed by atoms with van der Waals surface area (Å²) in [6, 6.07) is 7.92. The number of halogens is 1. The molecule has 7 nitrogen and oxygen atoms in total. The molecule has 11 atom stereocenters. The lowest BCUT2D eigenvalue weighted by molar-refractivity contribution is -0.272. The fourth-order valence-corrected chi connectivity index (χ4v) is 11.8. The summed E-state index contributed by atoms with van der Waals surface area (Å²) in [4.78, 5) is 2.43. The molecule has 1 aromatic rings. The molecule has 3 heterocycles. The summed E-state index contributed by atoms with van der Waals surface area (Å²) >= 11 is 0. The van der Waals surface area contributed by atoms with Crippen molar-refractivity contribution in [1.82, 2.24) is 4.90 Å². The molecule has 52 heavy (non-hydrogen) atoms. The third kappa shape index (κ3) is 8.12. The van der Waals surface area contributed by atoms with E-state index in [1.807, 2.05) is 24.3 Å². The number of benzene rings is 1. The van der Waals surface area contributed by atoms with E-state index in [1.165, 1.54) is 38.5 Å². The van der Waals surface area contributed by atoms with Crippen LogP contribution in [0.5, 0.6) is 11.5 Å². The standard InChI is InChI=1S/C27H42O3.C17H27NO3.ClH/c1-16-7-12-27(29-15-16)17(2)24-23(30-27)14-22-20-6-5-18-13-19(28)8-10-25(18,3)21(20)9-11-26(22,24)4;1-2-3-12-20-16-5-7-17(8-6-16)21-13-4-9-18-10-14-19-15-11-18;/h9,16-20,22-24,28H,5-8,10-15H2,1-4H3;5-8H,2-4,9-15H2,1H3;1H. The van der Waals surface area contributed by atoms with E-state index in [0.717, 1.165) is 115 Å². The van der Waals surface area contributed by atoms with Crippen LogP contribution in [0.3, 0.4) is 0 Å². The quantitative estimate of drug-likeness (QED) is 0.200. The minimum Gasteiger partial charge on any atom is -0.494 e. The van der Waals surface area contributed by atoms with Crippen LogP contribution in [-0.2, 0) is 14.2 Å². The lowest BCUT2D eigenvalue weighted by Crippen LogP contribution is -2.50. The Balaban J connectivity index is 0.000000187. The zero-order chi connectivity index (χ0) is 35.6. The van der Waals surface area contributed by atoms with E-state index in [-0.39, 0.29) is 24.3 Å². The number of hydrogen-bond donors (Lipinski definition) is 1. The van der Waals surface area contributed by atoms with Gasteiger partial charge in [0.15, 0.2) is 5.79 Å². The molecule has 6 fully saturated rings. The number of fused-ring (bicyclic) bond motifs is 7. The molecule has 11 unspecified atom stereocenters. The van der Waals surface area contributed by atoms with Crippen LogP contribution in [0.4, 0.5) is 0 Å². The molecule has 8 rings (SSSR count). The number of nitrogens with zero attached hydrogens (tertiary/aromatic N) is 1. The monoisotopic (exact) mass is 743 g/mol. The second kappa shape index (κ2) is 17.2. The Bertz CT molecular complexity index is 1310. The first kappa shape index (κ1) is 40.3. The Kier molecular flexibility index (Phi) is 13.3. The van der Waals surface area contributed by atoms with Gasteiger partial charge in [0.2, 0.25) is 0 Å². The zero-order valence-corrected chi connectivity index (χ0v) is 33.8. The molecule has 1 spiro atoms. The van der Waals surface area contributed by atoms with Crippen molar-refractivity contribution in [3.63, 3.8) is 0 Å². The molecule has 0 aromatic heterocycles. The first-order valence-corrected chi connectivity index (χ1v) is 21.0. The normalized spacial score (nSPS) is 40.9. The van der Waals surface area contributed by atoms with Crippen LogP contribution in [0.1, 0.15) is 112 Å². The van der Waals surface area contributed by atoms with Gasteiger partial charge in [-0.1, -0.05) is 52.7 Å². The number of allylic oxidation sites excluding steroid dienone is 2. The average molecular weight is 744 g/mol.